The molecule has 1 amide bonds. The van der Waals surface area contributed by atoms with Crippen LogP contribution in [0.4, 0.5) is 13.2 Å². The van der Waals surface area contributed by atoms with Gasteiger partial charge in [-0.05, 0) is 31.2 Å². The van der Waals surface area contributed by atoms with Crippen molar-refractivity contribution in [1.82, 2.24) is 20.3 Å². The topological polar surface area (TPSA) is 67.8 Å². The average molecular weight is 424 g/mol. The maximum absolute atomic E-state index is 12.5. The highest BCUT2D eigenvalue weighted by Gasteiger charge is 2.30. The summed E-state index contributed by atoms with van der Waals surface area (Å²) in [6.45, 7) is 1.83. The Morgan fingerprint density at radius 3 is 2.64 bits per heavy atom. The second kappa shape index (κ2) is 8.70. The molecule has 0 saturated carbocycles. The minimum absolute atomic E-state index is 0.0469. The molecule has 0 spiro atoms. The zero-order chi connectivity index (χ0) is 20.1. The SMILES string of the molecule is CC(NC(=O)CSc1ccc(C(F)(F)F)cn1)c1nc(-c2ccncc2)cs1. The highest BCUT2D eigenvalue weighted by Crippen LogP contribution is 2.29. The number of carbonyl (C=O) groups is 1. The fraction of sp³-hybridized carbons (Fsp3) is 0.222. The molecule has 146 valence electrons. The molecular formula is C18H15F3N4OS2. The summed E-state index contributed by atoms with van der Waals surface area (Å²) in [6, 6.07) is 5.64. The van der Waals surface area contributed by atoms with Gasteiger partial charge in [0.2, 0.25) is 5.91 Å². The predicted octanol–water partition coefficient (Wildman–Crippen LogP) is 4.59. The molecule has 0 aliphatic carbocycles. The smallest absolute Gasteiger partial charge is 0.346 e. The van der Waals surface area contributed by atoms with Gasteiger partial charge in [-0.25, -0.2) is 9.97 Å². The van der Waals surface area contributed by atoms with Crippen LogP contribution in [-0.4, -0.2) is 26.6 Å². The number of pyridine rings is 2. The molecule has 0 fully saturated rings. The number of alkyl halides is 3. The van der Waals surface area contributed by atoms with Gasteiger partial charge in [-0.1, -0.05) is 11.8 Å². The Bertz CT molecular complexity index is 930. The number of hydrogen-bond donors (Lipinski definition) is 1. The number of hydrogen-bond acceptors (Lipinski definition) is 6. The summed E-state index contributed by atoms with van der Waals surface area (Å²) < 4.78 is 37.6. The summed E-state index contributed by atoms with van der Waals surface area (Å²) >= 11 is 2.51. The third-order valence-electron chi connectivity index (χ3n) is 3.66. The van der Waals surface area contributed by atoms with Crippen LogP contribution in [0, 0.1) is 0 Å². The lowest BCUT2D eigenvalue weighted by atomic mass is 10.2. The molecule has 3 heterocycles. The van der Waals surface area contributed by atoms with Crippen molar-refractivity contribution in [2.45, 2.75) is 24.2 Å². The van der Waals surface area contributed by atoms with Crippen LogP contribution in [0.3, 0.4) is 0 Å². The van der Waals surface area contributed by atoms with E-state index in [9.17, 15) is 18.0 Å². The normalized spacial score (nSPS) is 12.6. The highest BCUT2D eigenvalue weighted by atomic mass is 32.2. The molecule has 10 heteroatoms. The summed E-state index contributed by atoms with van der Waals surface area (Å²) in [5, 5.41) is 5.86. The molecule has 0 saturated heterocycles. The number of thiazole rings is 1. The predicted molar refractivity (Wildman–Crippen MR) is 102 cm³/mol. The number of rotatable bonds is 6. The number of nitrogens with zero attached hydrogens (tertiary/aromatic N) is 3. The van der Waals surface area contributed by atoms with Crippen molar-refractivity contribution >= 4 is 29.0 Å². The van der Waals surface area contributed by atoms with E-state index in [1.165, 1.54) is 17.4 Å². The van der Waals surface area contributed by atoms with Crippen LogP contribution in [0.5, 0.6) is 0 Å². The fourth-order valence-corrected chi connectivity index (χ4v) is 3.75. The first kappa shape index (κ1) is 20.3. The van der Waals surface area contributed by atoms with Gasteiger partial charge in [0.05, 0.1) is 28.1 Å². The lowest BCUT2D eigenvalue weighted by molar-refractivity contribution is -0.137. The molecule has 0 bridgehead atoms. The summed E-state index contributed by atoms with van der Waals surface area (Å²) in [7, 11) is 0. The van der Waals surface area contributed by atoms with E-state index in [-0.39, 0.29) is 17.7 Å². The van der Waals surface area contributed by atoms with E-state index in [2.05, 4.69) is 20.3 Å². The maximum Gasteiger partial charge on any atom is 0.417 e. The van der Waals surface area contributed by atoms with Crippen LogP contribution in [0.1, 0.15) is 23.5 Å². The van der Waals surface area contributed by atoms with E-state index >= 15 is 0 Å². The average Bonchev–Trinajstić information content (AvgIpc) is 3.17. The van der Waals surface area contributed by atoms with E-state index in [0.29, 0.717) is 5.03 Å². The van der Waals surface area contributed by atoms with Crippen molar-refractivity contribution in [1.29, 1.82) is 0 Å². The van der Waals surface area contributed by atoms with E-state index < -0.39 is 11.7 Å². The van der Waals surface area contributed by atoms with Crippen molar-refractivity contribution in [2.75, 3.05) is 5.75 Å². The number of nitrogens with one attached hydrogen (secondary N) is 1. The van der Waals surface area contributed by atoms with Crippen LogP contribution >= 0.6 is 23.1 Å². The molecular weight excluding hydrogens is 409 g/mol. The highest BCUT2D eigenvalue weighted by molar-refractivity contribution is 7.99. The van der Waals surface area contributed by atoms with Crippen molar-refractivity contribution in [2.24, 2.45) is 0 Å². The monoisotopic (exact) mass is 424 g/mol. The summed E-state index contributed by atoms with van der Waals surface area (Å²) in [4.78, 5) is 24.4. The third-order valence-corrected chi connectivity index (χ3v) is 5.63. The maximum atomic E-state index is 12.5. The molecule has 3 aromatic rings. The number of aromatic nitrogens is 3. The number of amides is 1. The van der Waals surface area contributed by atoms with Gasteiger partial charge in [-0.2, -0.15) is 13.2 Å². The van der Waals surface area contributed by atoms with Crippen molar-refractivity contribution in [3.63, 3.8) is 0 Å². The van der Waals surface area contributed by atoms with Crippen LogP contribution in [0.15, 0.2) is 53.3 Å². The standard InChI is InChI=1S/C18H15F3N4OS2/c1-11(17-25-14(9-28-17)12-4-6-22-7-5-12)24-15(26)10-27-16-3-2-13(8-23-16)18(19,20)21/h2-9,11H,10H2,1H3,(H,24,26). The van der Waals surface area contributed by atoms with Gasteiger partial charge in [0.1, 0.15) is 5.01 Å². The Balaban J connectivity index is 1.53. The minimum atomic E-state index is -4.42. The number of halogens is 3. The third kappa shape index (κ3) is 5.29. The van der Waals surface area contributed by atoms with Crippen molar-refractivity contribution in [3.8, 4) is 11.3 Å². The second-order valence-electron chi connectivity index (χ2n) is 5.77. The number of thioether (sulfide) groups is 1. The molecule has 1 unspecified atom stereocenters. The first-order valence-electron chi connectivity index (χ1n) is 8.14. The first-order chi connectivity index (χ1) is 13.3. The zero-order valence-electron chi connectivity index (χ0n) is 14.6. The molecule has 0 aliphatic heterocycles. The lowest BCUT2D eigenvalue weighted by Crippen LogP contribution is -2.28. The van der Waals surface area contributed by atoms with Gasteiger partial charge < -0.3 is 5.32 Å². The van der Waals surface area contributed by atoms with Crippen LogP contribution in [0.25, 0.3) is 11.3 Å². The number of carbonyl (C=O) groups excluding carboxylic acids is 1. The van der Waals surface area contributed by atoms with Gasteiger partial charge in [0.15, 0.2) is 0 Å². The second-order valence-corrected chi connectivity index (χ2v) is 7.65. The first-order valence-corrected chi connectivity index (χ1v) is 10.0. The van der Waals surface area contributed by atoms with Crippen molar-refractivity contribution in [3.05, 3.63) is 58.8 Å². The van der Waals surface area contributed by atoms with E-state index in [0.717, 1.165) is 40.3 Å². The summed E-state index contributed by atoms with van der Waals surface area (Å²) in [5.41, 5.74) is 0.940. The van der Waals surface area contributed by atoms with Gasteiger partial charge in [0.25, 0.3) is 0 Å². The zero-order valence-corrected chi connectivity index (χ0v) is 16.2. The summed E-state index contributed by atoms with van der Waals surface area (Å²) in [5.74, 6) is -0.203. The summed E-state index contributed by atoms with van der Waals surface area (Å²) in [6.07, 6.45) is -0.289. The fourth-order valence-electron chi connectivity index (χ4n) is 2.26. The molecule has 5 nitrogen and oxygen atoms in total. The minimum Gasteiger partial charge on any atom is -0.346 e. The molecule has 1 N–H and O–H groups in total. The van der Waals surface area contributed by atoms with E-state index in [4.69, 9.17) is 0 Å². The van der Waals surface area contributed by atoms with E-state index in [1.807, 2.05) is 24.4 Å². The van der Waals surface area contributed by atoms with Gasteiger partial charge in [-0.15, -0.1) is 11.3 Å². The Morgan fingerprint density at radius 2 is 2.00 bits per heavy atom. The Hall–Kier alpha value is -2.46. The molecule has 3 rings (SSSR count). The Kier molecular flexibility index (Phi) is 6.30. The molecule has 28 heavy (non-hydrogen) atoms. The van der Waals surface area contributed by atoms with Crippen LogP contribution in [-0.2, 0) is 11.0 Å². The Labute approximate surface area is 167 Å². The largest absolute Gasteiger partial charge is 0.417 e. The quantitative estimate of drug-likeness (QED) is 0.587. The van der Waals surface area contributed by atoms with Crippen molar-refractivity contribution < 1.29 is 18.0 Å². The van der Waals surface area contributed by atoms with Crippen LogP contribution in [0.2, 0.25) is 0 Å². The molecule has 0 aliphatic rings. The van der Waals surface area contributed by atoms with Gasteiger partial charge in [-0.3, -0.25) is 9.78 Å². The van der Waals surface area contributed by atoms with Crippen LogP contribution < -0.4 is 5.32 Å². The van der Waals surface area contributed by atoms with E-state index in [1.54, 1.807) is 12.4 Å². The molecule has 1 atom stereocenters. The molecule has 0 aromatic carbocycles. The molecule has 0 radical (unpaired) electrons. The molecule has 3 aromatic heterocycles. The Morgan fingerprint density at radius 1 is 1.25 bits per heavy atom. The van der Waals surface area contributed by atoms with Gasteiger partial charge >= 0.3 is 6.18 Å². The van der Waals surface area contributed by atoms with Gasteiger partial charge in [0, 0.05) is 29.5 Å². The lowest BCUT2D eigenvalue weighted by Gasteiger charge is -2.11.